The highest BCUT2D eigenvalue weighted by atomic mass is 16.5. The van der Waals surface area contributed by atoms with Gasteiger partial charge in [0.1, 0.15) is 12.4 Å². The van der Waals surface area contributed by atoms with Crippen molar-refractivity contribution in [3.8, 4) is 5.75 Å². The third kappa shape index (κ3) is 5.47. The number of nitrogens with one attached hydrogen (secondary N) is 1. The number of hydrogen-bond donors (Lipinski definition) is 1. The first-order chi connectivity index (χ1) is 11.5. The van der Waals surface area contributed by atoms with E-state index in [-0.39, 0.29) is 18.1 Å². The molecule has 1 N–H and O–H groups in total. The molecule has 2 atom stereocenters. The molecule has 1 aliphatic heterocycles. The lowest BCUT2D eigenvalue weighted by Gasteiger charge is -2.18. The number of hydrogen-bond acceptors (Lipinski definition) is 5. The molecule has 1 aromatic carbocycles. The quantitative estimate of drug-likeness (QED) is 0.767. The molecule has 24 heavy (non-hydrogen) atoms. The maximum Gasteiger partial charge on any atom is 0.237 e. The fourth-order valence-corrected chi connectivity index (χ4v) is 2.79. The van der Waals surface area contributed by atoms with E-state index in [1.807, 2.05) is 50.3 Å². The number of carbonyl (C=O) groups excluding carboxylic acids is 1. The minimum Gasteiger partial charge on any atom is -0.492 e. The van der Waals surface area contributed by atoms with Crippen LogP contribution in [0.1, 0.15) is 12.0 Å². The predicted octanol–water partition coefficient (Wildman–Crippen LogP) is 0.962. The molecule has 6 nitrogen and oxygen atoms in total. The van der Waals surface area contributed by atoms with Gasteiger partial charge in [0.25, 0.3) is 0 Å². The van der Waals surface area contributed by atoms with Crippen molar-refractivity contribution in [2.75, 3.05) is 47.9 Å². The van der Waals surface area contributed by atoms with Gasteiger partial charge in [-0.25, -0.2) is 0 Å². The molecule has 2 rings (SSSR count). The van der Waals surface area contributed by atoms with Gasteiger partial charge in [-0.1, -0.05) is 12.1 Å². The molecule has 0 bridgehead atoms. The van der Waals surface area contributed by atoms with E-state index in [1.165, 1.54) is 0 Å². The molecule has 134 valence electrons. The number of ether oxygens (including phenoxy) is 2. The molecule has 1 aromatic rings. The number of likely N-dealkylation sites (N-methyl/N-ethyl adjacent to an activating group) is 2. The average Bonchev–Trinajstić information content (AvgIpc) is 2.94. The second-order valence-corrected chi connectivity index (χ2v) is 6.56. The summed E-state index contributed by atoms with van der Waals surface area (Å²) < 4.78 is 11.0. The van der Waals surface area contributed by atoms with E-state index >= 15 is 0 Å². The molecule has 0 radical (unpaired) electrons. The molecule has 0 unspecified atom stereocenters. The SMILES string of the molecule is CO[C@H]1C[C@@H](C(=O)NCc2ccc(OCCN(C)C)cc2)N(C)C1. The van der Waals surface area contributed by atoms with Gasteiger partial charge in [-0.15, -0.1) is 0 Å². The third-order valence-electron chi connectivity index (χ3n) is 4.34. The number of nitrogens with zero attached hydrogens (tertiary/aromatic N) is 2. The lowest BCUT2D eigenvalue weighted by atomic mass is 10.1. The smallest absolute Gasteiger partial charge is 0.237 e. The molecule has 1 saturated heterocycles. The Kier molecular flexibility index (Phi) is 7.02. The molecule has 0 saturated carbocycles. The van der Waals surface area contributed by atoms with Crippen molar-refractivity contribution in [2.24, 2.45) is 0 Å². The minimum atomic E-state index is -0.108. The van der Waals surface area contributed by atoms with Crippen molar-refractivity contribution in [2.45, 2.75) is 25.1 Å². The lowest BCUT2D eigenvalue weighted by molar-refractivity contribution is -0.125. The van der Waals surface area contributed by atoms with Crippen LogP contribution in [-0.4, -0.2) is 75.8 Å². The van der Waals surface area contributed by atoms with Crippen LogP contribution in [0.2, 0.25) is 0 Å². The van der Waals surface area contributed by atoms with Gasteiger partial charge in [0.05, 0.1) is 12.1 Å². The van der Waals surface area contributed by atoms with Crippen molar-refractivity contribution < 1.29 is 14.3 Å². The van der Waals surface area contributed by atoms with Gasteiger partial charge in [0.2, 0.25) is 5.91 Å². The van der Waals surface area contributed by atoms with Crippen LogP contribution in [0.3, 0.4) is 0 Å². The predicted molar refractivity (Wildman–Crippen MR) is 94.2 cm³/mol. The Balaban J connectivity index is 1.76. The molecule has 1 fully saturated rings. The largest absolute Gasteiger partial charge is 0.492 e. The van der Waals surface area contributed by atoms with Gasteiger partial charge < -0.3 is 19.7 Å². The maximum absolute atomic E-state index is 12.3. The molecule has 1 amide bonds. The van der Waals surface area contributed by atoms with E-state index in [2.05, 4.69) is 10.2 Å². The molecule has 0 aliphatic carbocycles. The second kappa shape index (κ2) is 9.01. The Morgan fingerprint density at radius 1 is 1.33 bits per heavy atom. The Labute approximate surface area is 144 Å². The number of methoxy groups -OCH3 is 1. The normalized spacial score (nSPS) is 21.2. The first-order valence-electron chi connectivity index (χ1n) is 8.37. The van der Waals surface area contributed by atoms with Crippen LogP contribution in [0.5, 0.6) is 5.75 Å². The summed E-state index contributed by atoms with van der Waals surface area (Å²) in [5, 5.41) is 3.01. The summed E-state index contributed by atoms with van der Waals surface area (Å²) in [7, 11) is 7.70. The number of rotatable bonds is 8. The molecular weight excluding hydrogens is 306 g/mol. The van der Waals surface area contributed by atoms with Gasteiger partial charge in [0, 0.05) is 26.7 Å². The Morgan fingerprint density at radius 2 is 2.04 bits per heavy atom. The monoisotopic (exact) mass is 335 g/mol. The lowest BCUT2D eigenvalue weighted by Crippen LogP contribution is -2.41. The first kappa shape index (κ1) is 18.7. The fraction of sp³-hybridized carbons (Fsp3) is 0.611. The van der Waals surface area contributed by atoms with Crippen LogP contribution in [0.25, 0.3) is 0 Å². The van der Waals surface area contributed by atoms with Gasteiger partial charge in [-0.3, -0.25) is 9.69 Å². The summed E-state index contributed by atoms with van der Waals surface area (Å²) in [6, 6.07) is 7.76. The first-order valence-corrected chi connectivity index (χ1v) is 8.37. The third-order valence-corrected chi connectivity index (χ3v) is 4.34. The van der Waals surface area contributed by atoms with Crippen molar-refractivity contribution in [3.05, 3.63) is 29.8 Å². The summed E-state index contributed by atoms with van der Waals surface area (Å²) in [5.41, 5.74) is 1.06. The van der Waals surface area contributed by atoms with Crippen molar-refractivity contribution >= 4 is 5.91 Å². The van der Waals surface area contributed by atoms with Crippen LogP contribution >= 0.6 is 0 Å². The van der Waals surface area contributed by atoms with E-state index in [4.69, 9.17) is 9.47 Å². The van der Waals surface area contributed by atoms with Gasteiger partial charge in [-0.2, -0.15) is 0 Å². The highest BCUT2D eigenvalue weighted by Gasteiger charge is 2.34. The zero-order valence-electron chi connectivity index (χ0n) is 15.1. The summed E-state index contributed by atoms with van der Waals surface area (Å²) in [4.78, 5) is 16.5. The number of amides is 1. The van der Waals surface area contributed by atoms with Crippen LogP contribution in [0, 0.1) is 0 Å². The topological polar surface area (TPSA) is 54.0 Å². The van der Waals surface area contributed by atoms with Crippen LogP contribution < -0.4 is 10.1 Å². The molecule has 0 spiro atoms. The highest BCUT2D eigenvalue weighted by molar-refractivity contribution is 5.82. The maximum atomic E-state index is 12.3. The standard InChI is InChI=1S/C18H29N3O3/c1-20(2)9-10-24-15-7-5-14(6-8-15)12-19-18(22)17-11-16(23-4)13-21(17)3/h5-8,16-17H,9-13H2,1-4H3,(H,19,22)/t16-,17-/m0/s1. The number of benzene rings is 1. The minimum absolute atomic E-state index is 0.0587. The van der Waals surface area contributed by atoms with Gasteiger partial charge >= 0.3 is 0 Å². The summed E-state index contributed by atoms with van der Waals surface area (Å²) in [5.74, 6) is 0.911. The number of likely N-dealkylation sites (tertiary alicyclic amines) is 1. The molecule has 1 heterocycles. The molecule has 6 heteroatoms. The Hall–Kier alpha value is -1.63. The van der Waals surface area contributed by atoms with E-state index < -0.39 is 0 Å². The van der Waals surface area contributed by atoms with E-state index in [0.29, 0.717) is 13.2 Å². The summed E-state index contributed by atoms with van der Waals surface area (Å²) in [6.07, 6.45) is 0.890. The van der Waals surface area contributed by atoms with E-state index in [0.717, 1.165) is 30.8 Å². The van der Waals surface area contributed by atoms with Gasteiger partial charge in [0.15, 0.2) is 0 Å². The van der Waals surface area contributed by atoms with Crippen molar-refractivity contribution in [1.29, 1.82) is 0 Å². The zero-order valence-corrected chi connectivity index (χ0v) is 15.1. The second-order valence-electron chi connectivity index (χ2n) is 6.56. The van der Waals surface area contributed by atoms with Crippen LogP contribution in [0.15, 0.2) is 24.3 Å². The van der Waals surface area contributed by atoms with Crippen LogP contribution in [-0.2, 0) is 16.1 Å². The average molecular weight is 335 g/mol. The Bertz CT molecular complexity index is 519. The summed E-state index contributed by atoms with van der Waals surface area (Å²) in [6.45, 7) is 2.87. The van der Waals surface area contributed by atoms with E-state index in [1.54, 1.807) is 7.11 Å². The molecule has 1 aliphatic rings. The van der Waals surface area contributed by atoms with E-state index in [9.17, 15) is 4.79 Å². The summed E-state index contributed by atoms with van der Waals surface area (Å²) >= 11 is 0. The number of carbonyl (C=O) groups is 1. The van der Waals surface area contributed by atoms with Gasteiger partial charge in [-0.05, 0) is 45.3 Å². The fourth-order valence-electron chi connectivity index (χ4n) is 2.79. The molecule has 0 aromatic heterocycles. The van der Waals surface area contributed by atoms with Crippen molar-refractivity contribution in [3.63, 3.8) is 0 Å². The highest BCUT2D eigenvalue weighted by Crippen LogP contribution is 2.18. The zero-order chi connectivity index (χ0) is 17.5. The molecular formula is C18H29N3O3. The van der Waals surface area contributed by atoms with Crippen molar-refractivity contribution in [1.82, 2.24) is 15.1 Å². The Morgan fingerprint density at radius 3 is 2.62 bits per heavy atom. The van der Waals surface area contributed by atoms with Crippen LogP contribution in [0.4, 0.5) is 0 Å².